The number of carbonyl (C=O) groups is 1. The van der Waals surface area contributed by atoms with E-state index in [1.54, 1.807) is 37.3 Å². The van der Waals surface area contributed by atoms with Crippen molar-refractivity contribution >= 4 is 24.9 Å². The lowest BCUT2D eigenvalue weighted by atomic mass is 9.98. The van der Waals surface area contributed by atoms with E-state index in [4.69, 9.17) is 18.5 Å². The second-order valence-corrected chi connectivity index (χ2v) is 12.6. The fourth-order valence-corrected chi connectivity index (χ4v) is 6.69. The summed E-state index contributed by atoms with van der Waals surface area (Å²) in [4.78, 5) is 35.9. The van der Waals surface area contributed by atoms with Gasteiger partial charge in [0.25, 0.3) is 5.56 Å². The van der Waals surface area contributed by atoms with Crippen LogP contribution >= 0.6 is 7.75 Å². The first-order valence-electron chi connectivity index (χ1n) is 13.9. The van der Waals surface area contributed by atoms with Gasteiger partial charge in [-0.1, -0.05) is 24.6 Å². The maximum Gasteiger partial charge on any atom is 0.459 e. The second kappa shape index (κ2) is 12.2. The molecule has 1 aliphatic carbocycles. The smallest absolute Gasteiger partial charge is 0.459 e. The molecule has 228 valence electrons. The van der Waals surface area contributed by atoms with E-state index < -0.39 is 56.0 Å². The Hall–Kier alpha value is -3.16. The summed E-state index contributed by atoms with van der Waals surface area (Å²) >= 11 is 0. The summed E-state index contributed by atoms with van der Waals surface area (Å²) in [6.07, 6.45) is 0.809. The van der Waals surface area contributed by atoms with E-state index in [1.165, 1.54) is 24.7 Å². The monoisotopic (exact) mass is 607 g/mol. The number of hydrogen-bond acceptors (Lipinski definition) is 10. The Kier molecular flexibility index (Phi) is 8.81. The van der Waals surface area contributed by atoms with Gasteiger partial charge in [0.15, 0.2) is 23.6 Å². The van der Waals surface area contributed by atoms with E-state index in [0.29, 0.717) is 5.82 Å². The molecule has 42 heavy (non-hydrogen) atoms. The number of H-pyrrole nitrogens is 1. The van der Waals surface area contributed by atoms with Gasteiger partial charge >= 0.3 is 13.7 Å². The zero-order valence-corrected chi connectivity index (χ0v) is 24.5. The molecule has 15 heteroatoms. The molecule has 3 N–H and O–H groups in total. The van der Waals surface area contributed by atoms with Gasteiger partial charge in [0.1, 0.15) is 35.4 Å². The molecule has 2 aromatic heterocycles. The van der Waals surface area contributed by atoms with Crippen LogP contribution in [0.15, 0.2) is 41.5 Å². The molecule has 1 aliphatic heterocycles. The molecule has 0 bridgehead atoms. The Morgan fingerprint density at radius 1 is 1.31 bits per heavy atom. The zero-order valence-electron chi connectivity index (χ0n) is 23.6. The van der Waals surface area contributed by atoms with Gasteiger partial charge in [0.05, 0.1) is 12.9 Å². The third-order valence-electron chi connectivity index (χ3n) is 7.41. The summed E-state index contributed by atoms with van der Waals surface area (Å²) in [6, 6.07) is 7.09. The summed E-state index contributed by atoms with van der Waals surface area (Å²) in [5.74, 6) is -0.132. The molecule has 6 atom stereocenters. The fourth-order valence-electron chi connectivity index (χ4n) is 5.18. The number of carbonyl (C=O) groups excluding carboxylic acids is 1. The minimum atomic E-state index is -4.31. The molecule has 1 aromatic carbocycles. The number of aromatic nitrogens is 4. The molecule has 2 unspecified atom stereocenters. The average molecular weight is 608 g/mol. The number of aromatic amines is 1. The zero-order chi connectivity index (χ0) is 30.1. The lowest BCUT2D eigenvalue weighted by Crippen LogP contribution is -2.42. The van der Waals surface area contributed by atoms with Crippen molar-refractivity contribution in [1.29, 1.82) is 0 Å². The van der Waals surface area contributed by atoms with Crippen molar-refractivity contribution in [3.63, 3.8) is 0 Å². The number of esters is 1. The van der Waals surface area contributed by atoms with Crippen LogP contribution < -0.4 is 15.2 Å². The molecule has 0 radical (unpaired) electrons. The number of aryl methyl sites for hydroxylation is 1. The number of para-hydroxylation sites is 1. The van der Waals surface area contributed by atoms with Crippen molar-refractivity contribution in [2.24, 2.45) is 0 Å². The van der Waals surface area contributed by atoms with Crippen LogP contribution in [0, 0.1) is 6.92 Å². The maximum atomic E-state index is 15.6. The number of fused-ring (bicyclic) bond motifs is 1. The molecular weight excluding hydrogens is 572 g/mol. The van der Waals surface area contributed by atoms with Gasteiger partial charge in [0, 0.05) is 0 Å². The van der Waals surface area contributed by atoms with E-state index in [1.807, 2.05) is 0 Å². The van der Waals surface area contributed by atoms with Crippen molar-refractivity contribution in [3.05, 3.63) is 52.8 Å². The Balaban J connectivity index is 1.32. The van der Waals surface area contributed by atoms with Crippen molar-refractivity contribution in [2.45, 2.75) is 89.1 Å². The highest BCUT2D eigenvalue weighted by molar-refractivity contribution is 7.52. The lowest BCUT2D eigenvalue weighted by Gasteiger charge is -2.27. The summed E-state index contributed by atoms with van der Waals surface area (Å²) in [5.41, 5.74) is -2.50. The largest absolute Gasteiger partial charge is 0.461 e. The van der Waals surface area contributed by atoms with E-state index in [2.05, 4.69) is 20.0 Å². The number of aliphatic hydroxyl groups is 1. The van der Waals surface area contributed by atoms with Gasteiger partial charge in [-0.2, -0.15) is 5.09 Å². The summed E-state index contributed by atoms with van der Waals surface area (Å²) < 4.78 is 53.5. The Bertz CT molecular complexity index is 1510. The molecular formula is C27H35FN5O8P. The average Bonchev–Trinajstić information content (AvgIpc) is 3.46. The summed E-state index contributed by atoms with van der Waals surface area (Å²) in [7, 11) is -4.31. The molecule has 0 spiro atoms. The third-order valence-corrected chi connectivity index (χ3v) is 9.05. The highest BCUT2D eigenvalue weighted by atomic mass is 31.2. The van der Waals surface area contributed by atoms with Crippen LogP contribution in [-0.4, -0.2) is 67.2 Å². The molecule has 0 amide bonds. The minimum Gasteiger partial charge on any atom is -0.461 e. The molecule has 3 heterocycles. The van der Waals surface area contributed by atoms with Gasteiger partial charge < -0.3 is 24.1 Å². The normalized spacial score (nSPS) is 27.0. The van der Waals surface area contributed by atoms with Crippen molar-refractivity contribution in [3.8, 4) is 5.75 Å². The van der Waals surface area contributed by atoms with Crippen LogP contribution in [0.5, 0.6) is 5.75 Å². The van der Waals surface area contributed by atoms with E-state index in [9.17, 15) is 19.3 Å². The van der Waals surface area contributed by atoms with Crippen LogP contribution in [0.25, 0.3) is 11.2 Å². The van der Waals surface area contributed by atoms with E-state index >= 15 is 4.39 Å². The van der Waals surface area contributed by atoms with Gasteiger partial charge in [-0.25, -0.2) is 18.9 Å². The predicted molar refractivity (Wildman–Crippen MR) is 149 cm³/mol. The first kappa shape index (κ1) is 30.3. The quantitative estimate of drug-likeness (QED) is 0.228. The number of rotatable bonds is 10. The molecule has 13 nitrogen and oxygen atoms in total. The Labute approximate surface area is 241 Å². The molecule has 2 fully saturated rings. The fraction of sp³-hybridized carbons (Fsp3) is 0.556. The highest BCUT2D eigenvalue weighted by Gasteiger charge is 2.55. The van der Waals surface area contributed by atoms with E-state index in [-0.39, 0.29) is 23.0 Å². The molecule has 5 rings (SSSR count). The number of halogens is 1. The minimum absolute atomic E-state index is 0.00540. The van der Waals surface area contributed by atoms with Crippen LogP contribution in [0.3, 0.4) is 0 Å². The number of nitrogens with zero attached hydrogens (tertiary/aromatic N) is 3. The Morgan fingerprint density at radius 3 is 2.74 bits per heavy atom. The topological polar surface area (TPSA) is 167 Å². The lowest BCUT2D eigenvalue weighted by molar-refractivity contribution is -0.152. The molecule has 1 saturated carbocycles. The number of alkyl halides is 1. The van der Waals surface area contributed by atoms with Crippen LogP contribution in [0.4, 0.5) is 4.39 Å². The molecule has 3 aromatic rings. The van der Waals surface area contributed by atoms with Gasteiger partial charge in [-0.15, -0.1) is 0 Å². The van der Waals surface area contributed by atoms with Crippen LogP contribution in [0.2, 0.25) is 0 Å². The van der Waals surface area contributed by atoms with Crippen molar-refractivity contribution in [2.75, 3.05) is 6.61 Å². The number of nitrogens with one attached hydrogen (secondary N) is 2. The van der Waals surface area contributed by atoms with Crippen molar-refractivity contribution in [1.82, 2.24) is 24.6 Å². The number of imidazole rings is 1. The number of ether oxygens (including phenoxy) is 2. The van der Waals surface area contributed by atoms with E-state index in [0.717, 1.165) is 32.1 Å². The molecule has 1 saturated heterocycles. The standard InChI is InChI=1S/C27H35FN5O8P/c1-16(25(35)39-18-10-6-4-7-11-18)32-42(37,41-19-12-8-5-9-13-19)38-14-20-22(28)27(3,36)26(40-20)33-15-29-21-23(33)30-17(2)31-24(21)34/h5,8-9,12-13,15-16,18,20,22,26,36H,4,6-7,10-11,14H2,1-3H3,(H,32,37)(H,30,31,34)/t16?,20-,22-,26-,27-,42?/m1/s1. The van der Waals surface area contributed by atoms with Gasteiger partial charge in [-0.05, 0) is 58.6 Å². The summed E-state index contributed by atoms with van der Waals surface area (Å²) in [5, 5.41) is 13.7. The highest BCUT2D eigenvalue weighted by Crippen LogP contribution is 2.47. The second-order valence-electron chi connectivity index (χ2n) is 10.9. The maximum absolute atomic E-state index is 15.6. The van der Waals surface area contributed by atoms with Crippen LogP contribution in [-0.2, 0) is 23.4 Å². The van der Waals surface area contributed by atoms with Gasteiger partial charge in [0.2, 0.25) is 0 Å². The predicted octanol–water partition coefficient (Wildman–Crippen LogP) is 3.47. The summed E-state index contributed by atoms with van der Waals surface area (Å²) in [6.45, 7) is 3.66. The number of benzene rings is 1. The SMILES string of the molecule is Cc1nc2c(ncn2[C@@H]2O[C@H](COP(=O)(NC(C)C(=O)OC3CCCCC3)Oc3ccccc3)[C@@H](F)[C@@]2(C)O)c(=O)[nH]1. The molecule has 2 aliphatic rings. The first-order valence-corrected chi connectivity index (χ1v) is 15.4. The van der Waals surface area contributed by atoms with Gasteiger partial charge in [-0.3, -0.25) is 18.7 Å². The first-order chi connectivity index (χ1) is 20.0. The van der Waals surface area contributed by atoms with Crippen molar-refractivity contribution < 1.29 is 37.4 Å². The number of hydrogen-bond donors (Lipinski definition) is 3. The third kappa shape index (κ3) is 6.42. The Morgan fingerprint density at radius 2 is 2.02 bits per heavy atom. The van der Waals surface area contributed by atoms with Crippen LogP contribution in [0.1, 0.15) is 58.0 Å².